The van der Waals surface area contributed by atoms with E-state index in [0.717, 1.165) is 36.0 Å². The third-order valence-corrected chi connectivity index (χ3v) is 6.13. The largest absolute Gasteiger partial charge is 0.298 e. The van der Waals surface area contributed by atoms with Crippen molar-refractivity contribution in [1.82, 2.24) is 14.5 Å². The summed E-state index contributed by atoms with van der Waals surface area (Å²) in [5.74, 6) is 0.783. The molecular formula is C22H30N4O. The first-order valence-electron chi connectivity index (χ1n) is 10.3. The van der Waals surface area contributed by atoms with Crippen LogP contribution < -0.4 is 10.5 Å². The predicted molar refractivity (Wildman–Crippen MR) is 110 cm³/mol. The maximum absolute atomic E-state index is 13.2. The van der Waals surface area contributed by atoms with Crippen LogP contribution in [0.4, 0.5) is 11.6 Å². The molecular weight excluding hydrogens is 336 g/mol. The summed E-state index contributed by atoms with van der Waals surface area (Å²) in [7, 11) is 0. The minimum absolute atomic E-state index is 0.123. The van der Waals surface area contributed by atoms with Crippen LogP contribution in [0.3, 0.4) is 0 Å². The van der Waals surface area contributed by atoms with Crippen LogP contribution in [0.25, 0.3) is 0 Å². The molecule has 5 heteroatoms. The fourth-order valence-corrected chi connectivity index (χ4v) is 4.50. The molecule has 1 aromatic heterocycles. The fraction of sp³-hybridized carbons (Fsp3) is 0.545. The zero-order chi connectivity index (χ0) is 19.0. The molecule has 0 spiro atoms. The van der Waals surface area contributed by atoms with Crippen molar-refractivity contribution < 1.29 is 0 Å². The maximum Gasteiger partial charge on any atom is 0.259 e. The highest BCUT2D eigenvalue weighted by molar-refractivity contribution is 5.58. The van der Waals surface area contributed by atoms with Gasteiger partial charge in [0.25, 0.3) is 5.56 Å². The molecule has 0 radical (unpaired) electrons. The van der Waals surface area contributed by atoms with Crippen LogP contribution in [0.2, 0.25) is 0 Å². The number of rotatable bonds is 3. The Bertz CT molecular complexity index is 865. The van der Waals surface area contributed by atoms with E-state index in [4.69, 9.17) is 4.98 Å². The molecule has 0 unspecified atom stereocenters. The average Bonchev–Trinajstić information content (AvgIpc) is 2.69. The van der Waals surface area contributed by atoms with E-state index in [1.165, 1.54) is 37.7 Å². The molecule has 1 aromatic carbocycles. The molecule has 0 amide bonds. The van der Waals surface area contributed by atoms with E-state index in [1.807, 2.05) is 18.4 Å². The van der Waals surface area contributed by atoms with Gasteiger partial charge < -0.3 is 0 Å². The molecule has 2 aromatic rings. The van der Waals surface area contributed by atoms with Crippen LogP contribution in [0.5, 0.6) is 0 Å². The zero-order valence-electron chi connectivity index (χ0n) is 16.7. The number of hydrogen-bond donors (Lipinski definition) is 0. The van der Waals surface area contributed by atoms with Crippen LogP contribution >= 0.6 is 0 Å². The van der Waals surface area contributed by atoms with Gasteiger partial charge in [-0.2, -0.15) is 0 Å². The van der Waals surface area contributed by atoms with E-state index < -0.39 is 0 Å². The van der Waals surface area contributed by atoms with E-state index >= 15 is 0 Å². The molecule has 2 aliphatic rings. The van der Waals surface area contributed by atoms with Crippen molar-refractivity contribution in [2.75, 3.05) is 11.6 Å². The van der Waals surface area contributed by atoms with Gasteiger partial charge in [0.05, 0.1) is 13.3 Å². The van der Waals surface area contributed by atoms with E-state index in [0.29, 0.717) is 12.7 Å². The molecule has 1 fully saturated rings. The van der Waals surface area contributed by atoms with E-state index in [2.05, 4.69) is 41.0 Å². The first-order valence-corrected chi connectivity index (χ1v) is 10.3. The second-order valence-corrected chi connectivity index (χ2v) is 7.99. The molecule has 4 rings (SSSR count). The lowest BCUT2D eigenvalue weighted by Gasteiger charge is -2.43. The predicted octanol–water partition coefficient (Wildman–Crippen LogP) is 4.12. The van der Waals surface area contributed by atoms with Gasteiger partial charge in [-0.25, -0.2) is 4.98 Å². The van der Waals surface area contributed by atoms with Gasteiger partial charge in [-0.3, -0.25) is 19.2 Å². The number of fused-ring (bicyclic) bond motifs is 1. The van der Waals surface area contributed by atoms with Crippen molar-refractivity contribution in [3.8, 4) is 0 Å². The zero-order valence-corrected chi connectivity index (χ0v) is 16.7. The summed E-state index contributed by atoms with van der Waals surface area (Å²) in [6, 6.07) is 9.09. The topological polar surface area (TPSA) is 41.4 Å². The van der Waals surface area contributed by atoms with Crippen molar-refractivity contribution >= 4 is 11.6 Å². The molecule has 1 aliphatic heterocycles. The summed E-state index contributed by atoms with van der Waals surface area (Å²) in [4.78, 5) is 22.8. The third-order valence-electron chi connectivity index (χ3n) is 6.13. The standard InChI is InChI=1S/C22H30N4O/c1-4-20-17(3)23-22-25(19-12-10-16(2)11-13-19)14-24(15-26(22)21(20)27)18-8-6-5-7-9-18/h10-13,18H,4-9,14-15H2,1-3H3. The van der Waals surface area contributed by atoms with Gasteiger partial charge in [0.15, 0.2) is 0 Å². The van der Waals surface area contributed by atoms with E-state index in [9.17, 15) is 4.79 Å². The number of aryl methyl sites for hydroxylation is 2. The normalized spacial score (nSPS) is 18.6. The summed E-state index contributed by atoms with van der Waals surface area (Å²) < 4.78 is 1.89. The van der Waals surface area contributed by atoms with Gasteiger partial charge in [-0.15, -0.1) is 0 Å². The smallest absolute Gasteiger partial charge is 0.259 e. The van der Waals surface area contributed by atoms with Crippen LogP contribution in [0.15, 0.2) is 29.1 Å². The Hall–Kier alpha value is -2.14. The Morgan fingerprint density at radius 3 is 2.41 bits per heavy atom. The number of hydrogen-bond acceptors (Lipinski definition) is 4. The highest BCUT2D eigenvalue weighted by atomic mass is 16.1. The van der Waals surface area contributed by atoms with Crippen molar-refractivity contribution in [3.05, 3.63) is 51.4 Å². The molecule has 27 heavy (non-hydrogen) atoms. The summed E-state index contributed by atoms with van der Waals surface area (Å²) >= 11 is 0. The van der Waals surface area contributed by atoms with Gasteiger partial charge in [-0.05, 0) is 45.2 Å². The molecule has 0 saturated heterocycles. The molecule has 0 atom stereocenters. The Balaban J connectivity index is 1.80. The SMILES string of the molecule is CCc1c(C)nc2n(c1=O)CN(C1CCCCC1)CN2c1ccc(C)cc1. The van der Waals surface area contributed by atoms with Gasteiger partial charge in [0.1, 0.15) is 0 Å². The Labute approximate surface area is 161 Å². The fourth-order valence-electron chi connectivity index (χ4n) is 4.50. The second kappa shape index (κ2) is 7.47. The van der Waals surface area contributed by atoms with Gasteiger partial charge in [-0.1, -0.05) is 43.9 Å². The van der Waals surface area contributed by atoms with Crippen molar-refractivity contribution in [3.63, 3.8) is 0 Å². The van der Waals surface area contributed by atoms with E-state index in [-0.39, 0.29) is 5.56 Å². The quantitative estimate of drug-likeness (QED) is 0.819. The van der Waals surface area contributed by atoms with Gasteiger partial charge in [0.2, 0.25) is 5.95 Å². The first-order chi connectivity index (χ1) is 13.1. The van der Waals surface area contributed by atoms with E-state index in [1.54, 1.807) is 0 Å². The first kappa shape index (κ1) is 18.2. The lowest BCUT2D eigenvalue weighted by atomic mass is 9.94. The number of anilines is 2. The third kappa shape index (κ3) is 3.41. The highest BCUT2D eigenvalue weighted by Gasteiger charge is 2.31. The molecule has 144 valence electrons. The molecule has 2 heterocycles. The Kier molecular flexibility index (Phi) is 5.04. The van der Waals surface area contributed by atoms with Gasteiger partial charge >= 0.3 is 0 Å². The average molecular weight is 367 g/mol. The highest BCUT2D eigenvalue weighted by Crippen LogP contribution is 2.31. The summed E-state index contributed by atoms with van der Waals surface area (Å²) in [5, 5.41) is 0. The van der Waals surface area contributed by atoms with Crippen LogP contribution in [0.1, 0.15) is 55.8 Å². The Morgan fingerprint density at radius 1 is 1.04 bits per heavy atom. The summed E-state index contributed by atoms with van der Waals surface area (Å²) in [5.41, 5.74) is 4.16. The number of benzene rings is 1. The van der Waals surface area contributed by atoms with Crippen LogP contribution in [-0.4, -0.2) is 27.2 Å². The summed E-state index contributed by atoms with van der Waals surface area (Å²) in [6.45, 7) is 7.55. The monoisotopic (exact) mass is 366 g/mol. The minimum atomic E-state index is 0.123. The number of aromatic nitrogens is 2. The minimum Gasteiger partial charge on any atom is -0.298 e. The second-order valence-electron chi connectivity index (χ2n) is 7.99. The Morgan fingerprint density at radius 2 is 1.74 bits per heavy atom. The maximum atomic E-state index is 13.2. The van der Waals surface area contributed by atoms with Crippen molar-refractivity contribution in [2.24, 2.45) is 0 Å². The van der Waals surface area contributed by atoms with Crippen molar-refractivity contribution in [1.29, 1.82) is 0 Å². The molecule has 1 saturated carbocycles. The van der Waals surface area contributed by atoms with Gasteiger partial charge in [0, 0.05) is 23.0 Å². The molecule has 1 aliphatic carbocycles. The molecule has 0 N–H and O–H groups in total. The van der Waals surface area contributed by atoms with Crippen LogP contribution in [-0.2, 0) is 13.1 Å². The summed E-state index contributed by atoms with van der Waals surface area (Å²) in [6.07, 6.45) is 7.10. The number of nitrogens with zero attached hydrogens (tertiary/aromatic N) is 4. The van der Waals surface area contributed by atoms with Crippen LogP contribution in [0, 0.1) is 13.8 Å². The lowest BCUT2D eigenvalue weighted by molar-refractivity contribution is 0.107. The lowest BCUT2D eigenvalue weighted by Crippen LogP contribution is -2.52. The molecule has 5 nitrogen and oxygen atoms in total. The molecule has 0 bridgehead atoms. The van der Waals surface area contributed by atoms with Crippen molar-refractivity contribution in [2.45, 2.75) is 72.0 Å².